The van der Waals surface area contributed by atoms with Gasteiger partial charge in [0.1, 0.15) is 30.2 Å². The highest BCUT2D eigenvalue weighted by molar-refractivity contribution is 7.60. The van der Waals surface area contributed by atoms with E-state index in [0.717, 1.165) is 0 Å². The van der Waals surface area contributed by atoms with E-state index in [1.54, 1.807) is 18.4 Å². The van der Waals surface area contributed by atoms with E-state index >= 15 is 0 Å². The molecule has 17 heteroatoms. The molecule has 166 valence electrons. The molecule has 0 radical (unpaired) electrons. The Morgan fingerprint density at radius 1 is 1.20 bits per heavy atom. The minimum atomic E-state index is -5.25. The number of anilines is 1. The first-order valence-electron chi connectivity index (χ1n) is 8.53. The summed E-state index contributed by atoms with van der Waals surface area (Å²) in [6, 6.07) is 0. The fourth-order valence-electron chi connectivity index (χ4n) is 3.40. The summed E-state index contributed by atoms with van der Waals surface area (Å²) in [6.45, 7) is 2.79. The fourth-order valence-corrected chi connectivity index (χ4v) is 5.00. The highest BCUT2D eigenvalue weighted by atomic mass is 31.3. The molecule has 0 aliphatic carbocycles. The molecule has 0 saturated carbocycles. The molecule has 0 spiro atoms. The molecule has 2 fully saturated rings. The van der Waals surface area contributed by atoms with Crippen LogP contribution < -0.4 is 5.73 Å². The molecule has 5 N–H and O–H groups in total. The van der Waals surface area contributed by atoms with E-state index < -0.39 is 52.6 Å². The van der Waals surface area contributed by atoms with Crippen LogP contribution in [0.2, 0.25) is 0 Å². The molecule has 2 aliphatic heterocycles. The molecular weight excluding hydrogens is 448 g/mol. The maximum atomic E-state index is 11.8. The Labute approximate surface area is 168 Å². The molecule has 2 aliphatic rings. The van der Waals surface area contributed by atoms with Gasteiger partial charge in [0.05, 0.1) is 12.9 Å². The van der Waals surface area contributed by atoms with Crippen LogP contribution in [0.4, 0.5) is 5.82 Å². The van der Waals surface area contributed by atoms with Gasteiger partial charge in [-0.2, -0.15) is 4.31 Å². The van der Waals surface area contributed by atoms with Gasteiger partial charge >= 0.3 is 15.6 Å². The van der Waals surface area contributed by atoms with Crippen LogP contribution in [-0.4, -0.2) is 64.9 Å². The molecule has 2 aromatic heterocycles. The summed E-state index contributed by atoms with van der Waals surface area (Å²) < 4.78 is 50.3. The van der Waals surface area contributed by atoms with E-state index in [9.17, 15) is 14.0 Å². The van der Waals surface area contributed by atoms with Crippen LogP contribution in [-0.2, 0) is 32.2 Å². The van der Waals surface area contributed by atoms with Crippen LogP contribution in [0.3, 0.4) is 0 Å². The van der Waals surface area contributed by atoms with Crippen molar-refractivity contribution in [2.45, 2.75) is 44.2 Å². The van der Waals surface area contributed by atoms with Crippen molar-refractivity contribution in [3.05, 3.63) is 12.7 Å². The van der Waals surface area contributed by atoms with Crippen molar-refractivity contribution in [2.24, 2.45) is 0 Å². The molecular formula is C13H19N5O10P2. The number of aromatic nitrogens is 4. The number of rotatable bonds is 6. The van der Waals surface area contributed by atoms with E-state index in [0.29, 0.717) is 11.2 Å². The Balaban J connectivity index is 1.59. The molecule has 2 aromatic rings. The summed E-state index contributed by atoms with van der Waals surface area (Å²) in [6.07, 6.45) is -0.479. The topological polar surface area (TPSA) is 211 Å². The predicted molar refractivity (Wildman–Crippen MR) is 96.4 cm³/mol. The van der Waals surface area contributed by atoms with Gasteiger partial charge in [-0.1, -0.05) is 0 Å². The van der Waals surface area contributed by atoms with Gasteiger partial charge in [-0.05, 0) is 13.8 Å². The Morgan fingerprint density at radius 2 is 1.90 bits per heavy atom. The summed E-state index contributed by atoms with van der Waals surface area (Å²) in [5.41, 5.74) is 6.54. The van der Waals surface area contributed by atoms with Gasteiger partial charge in [0.15, 0.2) is 23.5 Å². The number of imidazole rings is 1. The minimum absolute atomic E-state index is 0.174. The molecule has 0 aromatic carbocycles. The Bertz CT molecular complexity index is 1060. The quantitative estimate of drug-likeness (QED) is 0.414. The second-order valence-corrected chi connectivity index (χ2v) is 9.88. The third-order valence-electron chi connectivity index (χ3n) is 4.40. The van der Waals surface area contributed by atoms with Crippen LogP contribution >= 0.6 is 15.6 Å². The first kappa shape index (κ1) is 21.7. The number of nitrogens with zero attached hydrogens (tertiary/aromatic N) is 4. The van der Waals surface area contributed by atoms with Crippen molar-refractivity contribution in [2.75, 3.05) is 12.3 Å². The van der Waals surface area contributed by atoms with E-state index in [2.05, 4.69) is 19.3 Å². The number of ether oxygens (including phenoxy) is 3. The second-order valence-electron chi connectivity index (χ2n) is 7.05. The first-order chi connectivity index (χ1) is 13.9. The zero-order valence-corrected chi connectivity index (χ0v) is 17.4. The van der Waals surface area contributed by atoms with Gasteiger partial charge in [-0.25, -0.2) is 24.1 Å². The van der Waals surface area contributed by atoms with Crippen molar-refractivity contribution >= 4 is 32.6 Å². The standard InChI is InChI=1S/C13H19N5O10P2/c1-13(2)26-8-6(3-24-30(22,23)28-29(19,20)21)25-12(9(8)27-13)18-5-17-7-10(14)15-4-16-11(7)18/h4-6,8-9,12H,3H2,1-2H3,(H,22,23)(H2,14,15,16)(H2,19,20,21)/t6-,8?,9?,12-/m1/s1. The molecule has 30 heavy (non-hydrogen) atoms. The normalized spacial score (nSPS) is 30.4. The number of fused-ring (bicyclic) bond motifs is 2. The molecule has 0 bridgehead atoms. The number of phosphoric ester groups is 1. The Kier molecular flexibility index (Phi) is 5.27. The molecule has 3 unspecified atom stereocenters. The first-order valence-corrected chi connectivity index (χ1v) is 11.6. The van der Waals surface area contributed by atoms with Gasteiger partial charge in [0.2, 0.25) is 0 Å². The molecule has 5 atom stereocenters. The minimum Gasteiger partial charge on any atom is -0.382 e. The fraction of sp³-hybridized carbons (Fsp3) is 0.615. The van der Waals surface area contributed by atoms with Crippen LogP contribution in [0, 0.1) is 0 Å². The Morgan fingerprint density at radius 3 is 2.60 bits per heavy atom. The second kappa shape index (κ2) is 7.28. The summed E-state index contributed by atoms with van der Waals surface area (Å²) in [7, 11) is -10.3. The van der Waals surface area contributed by atoms with Gasteiger partial charge in [0, 0.05) is 0 Å². The van der Waals surface area contributed by atoms with E-state index in [1.165, 1.54) is 12.7 Å². The highest BCUT2D eigenvalue weighted by Gasteiger charge is 2.56. The van der Waals surface area contributed by atoms with E-state index in [-0.39, 0.29) is 5.82 Å². The number of phosphoric acid groups is 2. The lowest BCUT2D eigenvalue weighted by Crippen LogP contribution is -2.32. The van der Waals surface area contributed by atoms with Crippen LogP contribution in [0.15, 0.2) is 12.7 Å². The van der Waals surface area contributed by atoms with Crippen molar-refractivity contribution in [3.8, 4) is 0 Å². The van der Waals surface area contributed by atoms with Gasteiger partial charge in [0.25, 0.3) is 0 Å². The van der Waals surface area contributed by atoms with Crippen molar-refractivity contribution in [3.63, 3.8) is 0 Å². The van der Waals surface area contributed by atoms with Gasteiger partial charge in [-0.15, -0.1) is 0 Å². The molecule has 4 rings (SSSR count). The maximum Gasteiger partial charge on any atom is 0.481 e. The van der Waals surface area contributed by atoms with Gasteiger partial charge < -0.3 is 34.6 Å². The van der Waals surface area contributed by atoms with Crippen LogP contribution in [0.5, 0.6) is 0 Å². The average Bonchev–Trinajstić information content (AvgIpc) is 3.22. The van der Waals surface area contributed by atoms with E-state index in [4.69, 9.17) is 34.3 Å². The van der Waals surface area contributed by atoms with Crippen molar-refractivity contribution in [1.29, 1.82) is 0 Å². The van der Waals surface area contributed by atoms with Crippen LogP contribution in [0.1, 0.15) is 20.1 Å². The molecule has 2 saturated heterocycles. The number of nitrogens with two attached hydrogens (primary N) is 1. The zero-order valence-electron chi connectivity index (χ0n) is 15.6. The number of hydrogen-bond acceptors (Lipinski definition) is 11. The molecule has 0 amide bonds. The SMILES string of the molecule is CC1(C)OC2C(O1)[C@@H](COP(=O)(O)OP(=O)(O)O)O[C@H]2n1cnc2c(N)ncnc21. The highest BCUT2D eigenvalue weighted by Crippen LogP contribution is 2.58. The lowest BCUT2D eigenvalue weighted by atomic mass is 10.1. The monoisotopic (exact) mass is 467 g/mol. The van der Waals surface area contributed by atoms with Crippen molar-refractivity contribution in [1.82, 2.24) is 19.5 Å². The zero-order chi connectivity index (χ0) is 21.9. The average molecular weight is 467 g/mol. The lowest BCUT2D eigenvalue weighted by Gasteiger charge is -2.25. The third-order valence-corrected chi connectivity index (χ3v) is 6.55. The summed E-state index contributed by atoms with van der Waals surface area (Å²) in [5.74, 6) is -0.821. The van der Waals surface area contributed by atoms with Gasteiger partial charge in [-0.3, -0.25) is 9.09 Å². The Hall–Kier alpha value is -1.51. The number of hydrogen-bond donors (Lipinski definition) is 4. The summed E-state index contributed by atoms with van der Waals surface area (Å²) in [5, 5.41) is 0. The van der Waals surface area contributed by atoms with E-state index in [1.807, 2.05) is 0 Å². The largest absolute Gasteiger partial charge is 0.481 e. The summed E-state index contributed by atoms with van der Waals surface area (Å²) in [4.78, 5) is 39.2. The lowest BCUT2D eigenvalue weighted by molar-refractivity contribution is -0.199. The number of nitrogen functional groups attached to an aromatic ring is 1. The predicted octanol–water partition coefficient (Wildman–Crippen LogP) is 0.0523. The van der Waals surface area contributed by atoms with Crippen LogP contribution in [0.25, 0.3) is 11.2 Å². The summed E-state index contributed by atoms with van der Waals surface area (Å²) >= 11 is 0. The maximum absolute atomic E-state index is 11.8. The molecule has 4 heterocycles. The molecule has 15 nitrogen and oxygen atoms in total. The third kappa shape index (κ3) is 4.27. The smallest absolute Gasteiger partial charge is 0.382 e. The van der Waals surface area contributed by atoms with Crippen molar-refractivity contribution < 1.29 is 46.9 Å².